The second-order valence-corrected chi connectivity index (χ2v) is 8.40. The van der Waals surface area contributed by atoms with E-state index in [4.69, 9.17) is 0 Å². The molecule has 3 aromatic rings. The van der Waals surface area contributed by atoms with Crippen LogP contribution in [-0.2, 0) is 19.9 Å². The molecule has 0 aliphatic heterocycles. The molecule has 0 unspecified atom stereocenters. The third-order valence-corrected chi connectivity index (χ3v) is 6.83. The number of hydrogen-bond acceptors (Lipinski definition) is 5. The highest BCUT2D eigenvalue weighted by Gasteiger charge is 2.22. The van der Waals surface area contributed by atoms with E-state index in [0.29, 0.717) is 10.7 Å². The molecule has 0 spiro atoms. The topological polar surface area (TPSA) is 52.0 Å². The molecule has 0 fully saturated rings. The van der Waals surface area contributed by atoms with Crippen LogP contribution in [0, 0.1) is 6.92 Å². The van der Waals surface area contributed by atoms with E-state index >= 15 is 0 Å². The standard InChI is InChI=1S/C19H18N2O2S2/c1-11-6-8-12(9-7-11)14(22)10-24-19-20-17-16(18(23)21(19)2)13-4-3-5-15(13)25-17/h6-9H,3-5,10H2,1-2H3. The average Bonchev–Trinajstić information content (AvgIpc) is 3.17. The Hall–Kier alpha value is -1.92. The summed E-state index contributed by atoms with van der Waals surface area (Å²) in [5.41, 5.74) is 3.03. The summed E-state index contributed by atoms with van der Waals surface area (Å²) in [6.45, 7) is 2.00. The molecule has 1 aliphatic rings. The van der Waals surface area contributed by atoms with E-state index in [9.17, 15) is 9.59 Å². The van der Waals surface area contributed by atoms with E-state index in [1.807, 2.05) is 31.2 Å². The first-order valence-electron chi connectivity index (χ1n) is 8.28. The number of thiophene rings is 1. The predicted molar refractivity (Wildman–Crippen MR) is 103 cm³/mol. The molecule has 6 heteroatoms. The van der Waals surface area contributed by atoms with Gasteiger partial charge in [0.05, 0.1) is 11.1 Å². The van der Waals surface area contributed by atoms with E-state index in [0.717, 1.165) is 35.0 Å². The summed E-state index contributed by atoms with van der Waals surface area (Å²) >= 11 is 2.97. The van der Waals surface area contributed by atoms with Gasteiger partial charge in [0.15, 0.2) is 10.9 Å². The Morgan fingerprint density at radius 3 is 2.80 bits per heavy atom. The normalized spacial score (nSPS) is 13.4. The Bertz CT molecular complexity index is 1030. The maximum absolute atomic E-state index is 12.8. The Morgan fingerprint density at radius 1 is 1.28 bits per heavy atom. The maximum atomic E-state index is 12.8. The zero-order valence-corrected chi connectivity index (χ0v) is 15.8. The maximum Gasteiger partial charge on any atom is 0.262 e. The largest absolute Gasteiger partial charge is 0.293 e. The van der Waals surface area contributed by atoms with Crippen LogP contribution in [0.25, 0.3) is 10.2 Å². The predicted octanol–water partition coefficient (Wildman–Crippen LogP) is 3.77. The van der Waals surface area contributed by atoms with Crippen LogP contribution in [0.4, 0.5) is 0 Å². The summed E-state index contributed by atoms with van der Waals surface area (Å²) in [6, 6.07) is 7.56. The van der Waals surface area contributed by atoms with Crippen LogP contribution in [0.1, 0.15) is 32.8 Å². The van der Waals surface area contributed by atoms with Gasteiger partial charge < -0.3 is 0 Å². The minimum atomic E-state index is 0.00897. The molecule has 0 radical (unpaired) electrons. The lowest BCUT2D eigenvalue weighted by Gasteiger charge is -2.07. The second kappa shape index (κ2) is 6.42. The smallest absolute Gasteiger partial charge is 0.262 e. The monoisotopic (exact) mass is 370 g/mol. The van der Waals surface area contributed by atoms with Crippen LogP contribution in [-0.4, -0.2) is 21.1 Å². The fourth-order valence-electron chi connectivity index (χ4n) is 3.19. The molecular weight excluding hydrogens is 352 g/mol. The number of fused-ring (bicyclic) bond motifs is 3. The summed E-state index contributed by atoms with van der Waals surface area (Å²) in [5.74, 6) is 0.327. The first-order chi connectivity index (χ1) is 12.0. The van der Waals surface area contributed by atoms with Gasteiger partial charge in [-0.2, -0.15) is 0 Å². The van der Waals surface area contributed by atoms with E-state index in [1.54, 1.807) is 23.0 Å². The van der Waals surface area contributed by atoms with Gasteiger partial charge in [-0.15, -0.1) is 11.3 Å². The lowest BCUT2D eigenvalue weighted by atomic mass is 10.1. The van der Waals surface area contributed by atoms with Crippen LogP contribution in [0.5, 0.6) is 0 Å². The molecule has 4 rings (SSSR count). The highest BCUT2D eigenvalue weighted by Crippen LogP contribution is 2.35. The molecule has 0 N–H and O–H groups in total. The molecule has 25 heavy (non-hydrogen) atoms. The van der Waals surface area contributed by atoms with Gasteiger partial charge in [-0.1, -0.05) is 41.6 Å². The number of thioether (sulfide) groups is 1. The highest BCUT2D eigenvalue weighted by atomic mass is 32.2. The van der Waals surface area contributed by atoms with Crippen molar-refractivity contribution in [1.29, 1.82) is 0 Å². The molecule has 2 aromatic heterocycles. The molecule has 0 amide bonds. The summed E-state index contributed by atoms with van der Waals surface area (Å²) in [6.07, 6.45) is 3.15. The summed E-state index contributed by atoms with van der Waals surface area (Å²) < 4.78 is 1.58. The zero-order chi connectivity index (χ0) is 17.6. The third-order valence-electron chi connectivity index (χ3n) is 4.61. The van der Waals surface area contributed by atoms with Crippen molar-refractivity contribution in [1.82, 2.24) is 9.55 Å². The van der Waals surface area contributed by atoms with Gasteiger partial charge in [-0.25, -0.2) is 4.98 Å². The number of carbonyl (C=O) groups is 1. The first kappa shape index (κ1) is 16.5. The number of Topliss-reactive ketones (excluding diaryl/α,β-unsaturated/α-hetero) is 1. The summed E-state index contributed by atoms with van der Waals surface area (Å²) in [4.78, 5) is 31.9. The van der Waals surface area contributed by atoms with Gasteiger partial charge in [-0.05, 0) is 31.7 Å². The minimum absolute atomic E-state index is 0.00897. The van der Waals surface area contributed by atoms with Crippen molar-refractivity contribution in [3.05, 3.63) is 56.2 Å². The fraction of sp³-hybridized carbons (Fsp3) is 0.316. The van der Waals surface area contributed by atoms with Crippen LogP contribution >= 0.6 is 23.1 Å². The summed E-state index contributed by atoms with van der Waals surface area (Å²) in [7, 11) is 1.74. The number of rotatable bonds is 4. The van der Waals surface area contributed by atoms with Crippen LogP contribution in [0.2, 0.25) is 0 Å². The van der Waals surface area contributed by atoms with Crippen molar-refractivity contribution >= 4 is 39.1 Å². The Labute approximate surface area is 153 Å². The first-order valence-corrected chi connectivity index (χ1v) is 10.1. The lowest BCUT2D eigenvalue weighted by molar-refractivity contribution is 0.102. The molecule has 0 saturated heterocycles. The number of aryl methyl sites for hydroxylation is 3. The van der Waals surface area contributed by atoms with E-state index in [-0.39, 0.29) is 17.1 Å². The molecule has 0 atom stereocenters. The molecular formula is C19H18N2O2S2. The van der Waals surface area contributed by atoms with E-state index < -0.39 is 0 Å². The van der Waals surface area contributed by atoms with Crippen LogP contribution in [0.15, 0.2) is 34.2 Å². The Morgan fingerprint density at radius 2 is 2.04 bits per heavy atom. The van der Waals surface area contributed by atoms with Crippen molar-refractivity contribution in [2.45, 2.75) is 31.3 Å². The number of aromatic nitrogens is 2. The number of hydrogen-bond donors (Lipinski definition) is 0. The SMILES string of the molecule is Cc1ccc(C(=O)CSc2nc3sc4c(c3c(=O)n2C)CCC4)cc1. The number of nitrogens with zero attached hydrogens (tertiary/aromatic N) is 2. The Kier molecular flexibility index (Phi) is 4.25. The van der Waals surface area contributed by atoms with Gasteiger partial charge in [0.1, 0.15) is 4.83 Å². The van der Waals surface area contributed by atoms with Gasteiger partial charge in [0.25, 0.3) is 5.56 Å². The van der Waals surface area contributed by atoms with Crippen molar-refractivity contribution in [3.63, 3.8) is 0 Å². The van der Waals surface area contributed by atoms with E-state index in [1.165, 1.54) is 22.2 Å². The average molecular weight is 370 g/mol. The number of benzene rings is 1. The van der Waals surface area contributed by atoms with Crippen molar-refractivity contribution < 1.29 is 4.79 Å². The number of ketones is 1. The molecule has 4 nitrogen and oxygen atoms in total. The Balaban J connectivity index is 1.61. The van der Waals surface area contributed by atoms with Crippen LogP contribution in [0.3, 0.4) is 0 Å². The highest BCUT2D eigenvalue weighted by molar-refractivity contribution is 7.99. The quantitative estimate of drug-likeness (QED) is 0.399. The molecule has 0 saturated carbocycles. The molecule has 2 heterocycles. The van der Waals surface area contributed by atoms with Crippen molar-refractivity contribution in [2.24, 2.45) is 7.05 Å². The van der Waals surface area contributed by atoms with E-state index in [2.05, 4.69) is 4.98 Å². The van der Waals surface area contributed by atoms with Gasteiger partial charge in [-0.3, -0.25) is 14.2 Å². The fourth-order valence-corrected chi connectivity index (χ4v) is 5.36. The summed E-state index contributed by atoms with van der Waals surface area (Å²) in [5, 5.41) is 1.40. The van der Waals surface area contributed by atoms with Gasteiger partial charge in [0, 0.05) is 17.5 Å². The molecule has 1 aliphatic carbocycles. The zero-order valence-electron chi connectivity index (χ0n) is 14.2. The van der Waals surface area contributed by atoms with Crippen molar-refractivity contribution in [2.75, 3.05) is 5.75 Å². The molecule has 1 aromatic carbocycles. The molecule has 0 bridgehead atoms. The van der Waals surface area contributed by atoms with Gasteiger partial charge in [0.2, 0.25) is 0 Å². The third kappa shape index (κ3) is 2.93. The lowest BCUT2D eigenvalue weighted by Crippen LogP contribution is -2.20. The minimum Gasteiger partial charge on any atom is -0.293 e. The second-order valence-electron chi connectivity index (χ2n) is 6.37. The van der Waals surface area contributed by atoms with Gasteiger partial charge >= 0.3 is 0 Å². The van der Waals surface area contributed by atoms with Crippen LogP contribution < -0.4 is 5.56 Å². The van der Waals surface area contributed by atoms with Crippen molar-refractivity contribution in [3.8, 4) is 0 Å². The molecule has 128 valence electrons. The number of carbonyl (C=O) groups excluding carboxylic acids is 1.